The Hall–Kier alpha value is -1.38. The number of H-pyrrole nitrogens is 1. The van der Waals surface area contributed by atoms with E-state index >= 15 is 0 Å². The van der Waals surface area contributed by atoms with Gasteiger partial charge in [0.2, 0.25) is 10.0 Å². The first-order chi connectivity index (χ1) is 8.86. The smallest absolute Gasteiger partial charge is 0.238 e. The van der Waals surface area contributed by atoms with Crippen molar-refractivity contribution in [2.24, 2.45) is 5.14 Å². The number of sulfonamides is 1. The van der Waals surface area contributed by atoms with E-state index in [0.29, 0.717) is 11.0 Å². The van der Waals surface area contributed by atoms with Crippen LogP contribution >= 0.6 is 15.9 Å². The van der Waals surface area contributed by atoms with E-state index < -0.39 is 10.0 Å². The largest absolute Gasteiger partial charge is 0.379 e. The molecule has 0 atom stereocenters. The first-order valence-corrected chi connectivity index (χ1v) is 7.77. The number of rotatable bonds is 4. The van der Waals surface area contributed by atoms with E-state index in [2.05, 4.69) is 31.2 Å². The minimum absolute atomic E-state index is 0.0716. The Bertz CT molecular complexity index is 696. The molecule has 0 spiro atoms. The number of halogens is 1. The summed E-state index contributed by atoms with van der Waals surface area (Å²) in [6, 6.07) is 4.59. The van der Waals surface area contributed by atoms with E-state index in [9.17, 15) is 8.42 Å². The molecule has 19 heavy (non-hydrogen) atoms. The Morgan fingerprint density at radius 2 is 2.21 bits per heavy atom. The van der Waals surface area contributed by atoms with Gasteiger partial charge >= 0.3 is 0 Å². The van der Waals surface area contributed by atoms with Crippen molar-refractivity contribution in [1.82, 2.24) is 9.97 Å². The molecule has 0 bridgehead atoms. The van der Waals surface area contributed by atoms with Gasteiger partial charge in [-0.1, -0.05) is 0 Å². The van der Waals surface area contributed by atoms with Crippen LogP contribution in [0.15, 0.2) is 33.8 Å². The molecule has 0 saturated carbocycles. The van der Waals surface area contributed by atoms with Gasteiger partial charge in [-0.2, -0.15) is 0 Å². The van der Waals surface area contributed by atoms with Crippen LogP contribution in [-0.4, -0.2) is 18.4 Å². The van der Waals surface area contributed by atoms with Crippen LogP contribution in [0.3, 0.4) is 0 Å². The lowest BCUT2D eigenvalue weighted by Crippen LogP contribution is -2.12. The number of aromatic amines is 1. The van der Waals surface area contributed by atoms with Gasteiger partial charge < -0.3 is 10.3 Å². The zero-order valence-corrected chi connectivity index (χ0v) is 12.5. The van der Waals surface area contributed by atoms with Crippen LogP contribution in [0, 0.1) is 6.92 Å². The third kappa shape index (κ3) is 3.55. The Kier molecular flexibility index (Phi) is 3.93. The third-order valence-corrected chi connectivity index (χ3v) is 4.06. The van der Waals surface area contributed by atoms with Gasteiger partial charge in [-0.3, -0.25) is 0 Å². The predicted octanol–water partition coefficient (Wildman–Crippen LogP) is 1.74. The quantitative estimate of drug-likeness (QED) is 0.786. The van der Waals surface area contributed by atoms with Crippen LogP contribution in [0.1, 0.15) is 11.5 Å². The number of primary sulfonamides is 1. The predicted molar refractivity (Wildman–Crippen MR) is 76.2 cm³/mol. The van der Waals surface area contributed by atoms with E-state index in [-0.39, 0.29) is 4.90 Å². The number of nitrogens with zero attached hydrogens (tertiary/aromatic N) is 1. The van der Waals surface area contributed by atoms with Gasteiger partial charge in [0.25, 0.3) is 0 Å². The first kappa shape index (κ1) is 14.0. The number of benzene rings is 1. The summed E-state index contributed by atoms with van der Waals surface area (Å²) < 4.78 is 23.0. The summed E-state index contributed by atoms with van der Waals surface area (Å²) in [5, 5.41) is 8.23. The lowest BCUT2D eigenvalue weighted by molar-refractivity contribution is 0.598. The highest BCUT2D eigenvalue weighted by molar-refractivity contribution is 9.10. The lowest BCUT2D eigenvalue weighted by Gasteiger charge is -2.08. The number of aromatic nitrogens is 2. The van der Waals surface area contributed by atoms with Crippen molar-refractivity contribution in [2.75, 3.05) is 5.32 Å². The fraction of sp³-hybridized carbons (Fsp3) is 0.182. The summed E-state index contributed by atoms with van der Waals surface area (Å²) in [6.45, 7) is 2.44. The number of aryl methyl sites for hydroxylation is 1. The van der Waals surface area contributed by atoms with Gasteiger partial charge in [-0.05, 0) is 41.1 Å². The number of hydrogen-bond acceptors (Lipinski definition) is 4. The topological polar surface area (TPSA) is 101 Å². The molecular weight excluding hydrogens is 332 g/mol. The van der Waals surface area contributed by atoms with Gasteiger partial charge in [0.1, 0.15) is 5.82 Å². The number of nitrogens with one attached hydrogen (secondary N) is 2. The average Bonchev–Trinajstić information content (AvgIpc) is 2.72. The summed E-state index contributed by atoms with van der Waals surface area (Å²) >= 11 is 3.31. The molecule has 6 nitrogen and oxygen atoms in total. The van der Waals surface area contributed by atoms with Gasteiger partial charge in [0.15, 0.2) is 0 Å². The van der Waals surface area contributed by atoms with E-state index in [0.717, 1.165) is 17.2 Å². The summed E-state index contributed by atoms with van der Waals surface area (Å²) in [7, 11) is -3.68. The van der Waals surface area contributed by atoms with Crippen LogP contribution in [0.4, 0.5) is 5.69 Å². The van der Waals surface area contributed by atoms with Gasteiger partial charge in [0.05, 0.1) is 23.3 Å². The molecule has 4 N–H and O–H groups in total. The molecule has 2 rings (SSSR count). The number of hydrogen-bond donors (Lipinski definition) is 3. The third-order valence-electron chi connectivity index (χ3n) is 2.49. The van der Waals surface area contributed by atoms with Crippen molar-refractivity contribution in [2.45, 2.75) is 18.4 Å². The molecule has 0 saturated heterocycles. The summed E-state index contributed by atoms with van der Waals surface area (Å²) in [5.41, 5.74) is 1.72. The monoisotopic (exact) mass is 344 g/mol. The second-order valence-corrected chi connectivity index (χ2v) is 6.45. The normalized spacial score (nSPS) is 11.5. The first-order valence-electron chi connectivity index (χ1n) is 5.43. The number of imidazole rings is 1. The molecule has 102 valence electrons. The Labute approximate surface area is 119 Å². The van der Waals surface area contributed by atoms with Gasteiger partial charge in [-0.15, -0.1) is 0 Å². The lowest BCUT2D eigenvalue weighted by atomic mass is 10.3. The molecular formula is C11H13BrN4O2S. The maximum absolute atomic E-state index is 11.2. The minimum atomic E-state index is -3.68. The highest BCUT2D eigenvalue weighted by Crippen LogP contribution is 2.25. The maximum Gasteiger partial charge on any atom is 0.238 e. The maximum atomic E-state index is 11.2. The summed E-state index contributed by atoms with van der Waals surface area (Å²) in [4.78, 5) is 7.26. The molecule has 0 amide bonds. The molecule has 1 aromatic heterocycles. The van der Waals surface area contributed by atoms with Gasteiger partial charge in [-0.25, -0.2) is 18.5 Å². The van der Waals surface area contributed by atoms with Crippen molar-refractivity contribution in [3.05, 3.63) is 40.4 Å². The Morgan fingerprint density at radius 3 is 2.74 bits per heavy atom. The zero-order chi connectivity index (χ0) is 14.0. The van der Waals surface area contributed by atoms with Crippen LogP contribution in [0.2, 0.25) is 0 Å². The molecule has 1 heterocycles. The van der Waals surface area contributed by atoms with Crippen molar-refractivity contribution in [3.63, 3.8) is 0 Å². The van der Waals surface area contributed by atoms with E-state index in [4.69, 9.17) is 5.14 Å². The highest BCUT2D eigenvalue weighted by atomic mass is 79.9. The Balaban J connectivity index is 2.14. The molecule has 0 aliphatic rings. The molecule has 1 aromatic carbocycles. The van der Waals surface area contributed by atoms with Crippen LogP contribution in [0.5, 0.6) is 0 Å². The average molecular weight is 345 g/mol. The molecule has 8 heteroatoms. The van der Waals surface area contributed by atoms with E-state index in [1.54, 1.807) is 12.3 Å². The minimum Gasteiger partial charge on any atom is -0.379 e. The standard InChI is InChI=1S/C11H13BrN4O2S/c1-7-14-5-8(16-7)6-15-11-3-2-9(4-10(11)12)19(13,17)18/h2-5,15H,6H2,1H3,(H,14,16)(H2,13,17,18). The summed E-state index contributed by atoms with van der Waals surface area (Å²) in [6.07, 6.45) is 1.74. The van der Waals surface area contributed by atoms with Crippen molar-refractivity contribution in [3.8, 4) is 0 Å². The van der Waals surface area contributed by atoms with Crippen molar-refractivity contribution < 1.29 is 8.42 Å². The molecule has 0 unspecified atom stereocenters. The highest BCUT2D eigenvalue weighted by Gasteiger charge is 2.10. The summed E-state index contributed by atoms with van der Waals surface area (Å²) in [5.74, 6) is 0.848. The van der Waals surface area contributed by atoms with E-state index in [1.807, 2.05) is 6.92 Å². The molecule has 0 fully saturated rings. The van der Waals surface area contributed by atoms with Crippen LogP contribution < -0.4 is 10.5 Å². The van der Waals surface area contributed by atoms with Crippen molar-refractivity contribution >= 4 is 31.6 Å². The molecule has 0 radical (unpaired) electrons. The van der Waals surface area contributed by atoms with Crippen LogP contribution in [0.25, 0.3) is 0 Å². The van der Waals surface area contributed by atoms with E-state index in [1.165, 1.54) is 12.1 Å². The van der Waals surface area contributed by atoms with Crippen molar-refractivity contribution in [1.29, 1.82) is 0 Å². The second-order valence-electron chi connectivity index (χ2n) is 4.03. The number of nitrogens with two attached hydrogens (primary N) is 1. The SMILES string of the molecule is Cc1ncc(CNc2ccc(S(N)(=O)=O)cc2Br)[nH]1. The van der Waals surface area contributed by atoms with Gasteiger partial charge in [0, 0.05) is 10.2 Å². The fourth-order valence-corrected chi connectivity index (χ4v) is 2.78. The second kappa shape index (κ2) is 5.32. The molecule has 0 aliphatic carbocycles. The fourth-order valence-electron chi connectivity index (χ4n) is 1.57. The van der Waals surface area contributed by atoms with Crippen LogP contribution in [-0.2, 0) is 16.6 Å². The Morgan fingerprint density at radius 1 is 1.47 bits per heavy atom. The molecule has 2 aromatic rings. The number of anilines is 1. The molecule has 0 aliphatic heterocycles. The zero-order valence-electron chi connectivity index (χ0n) is 10.1.